The molecule has 0 fully saturated rings. The van der Waals surface area contributed by atoms with E-state index in [2.05, 4.69) is 10.3 Å². The number of rotatable bonds is 5. The van der Waals surface area contributed by atoms with E-state index in [1.165, 1.54) is 22.7 Å². The van der Waals surface area contributed by atoms with Gasteiger partial charge in [-0.25, -0.2) is 4.98 Å². The van der Waals surface area contributed by atoms with Crippen molar-refractivity contribution in [2.75, 3.05) is 11.9 Å². The van der Waals surface area contributed by atoms with Crippen molar-refractivity contribution >= 4 is 73.8 Å². The Kier molecular flexibility index (Phi) is 6.78. The molecule has 2 heterocycles. The Morgan fingerprint density at radius 2 is 2.08 bits per heavy atom. The van der Waals surface area contributed by atoms with Crippen LogP contribution in [0.2, 0.25) is 5.02 Å². The smallest absolute Gasteiger partial charge is 0.311 e. The van der Waals surface area contributed by atoms with Gasteiger partial charge in [-0.1, -0.05) is 29.8 Å². The Morgan fingerprint density at radius 3 is 2.80 bits per heavy atom. The summed E-state index contributed by atoms with van der Waals surface area (Å²) in [6.07, 6.45) is 0.0872. The van der Waals surface area contributed by atoms with Gasteiger partial charge in [0.1, 0.15) is 4.88 Å². The lowest BCUT2D eigenvalue weighted by molar-refractivity contribution is -0.142. The van der Waals surface area contributed by atoms with Gasteiger partial charge in [-0.15, -0.1) is 35.1 Å². The molecule has 0 radical (unpaired) electrons. The largest absolute Gasteiger partial charge is 0.466 e. The van der Waals surface area contributed by atoms with Gasteiger partial charge in [0, 0.05) is 15.5 Å². The number of thiazole rings is 1. The molecule has 132 valence electrons. The molecule has 3 aromatic rings. The van der Waals surface area contributed by atoms with Crippen LogP contribution in [0, 0.1) is 0 Å². The molecule has 25 heavy (non-hydrogen) atoms. The normalized spacial score (nSPS) is 10.3. The van der Waals surface area contributed by atoms with Crippen LogP contribution in [-0.4, -0.2) is 23.5 Å². The number of esters is 1. The maximum absolute atomic E-state index is 12.4. The molecular formula is C16H14Cl2N2O3S2. The van der Waals surface area contributed by atoms with Crippen molar-refractivity contribution < 1.29 is 14.3 Å². The number of carbonyl (C=O) groups is 2. The first-order chi connectivity index (χ1) is 11.6. The summed E-state index contributed by atoms with van der Waals surface area (Å²) in [5, 5.41) is 6.17. The lowest BCUT2D eigenvalue weighted by Crippen LogP contribution is -2.11. The summed E-state index contributed by atoms with van der Waals surface area (Å²) in [5.74, 6) is -0.647. The van der Waals surface area contributed by atoms with E-state index in [0.717, 1.165) is 10.1 Å². The molecule has 0 aliphatic heterocycles. The van der Waals surface area contributed by atoms with Crippen LogP contribution in [0.15, 0.2) is 29.6 Å². The lowest BCUT2D eigenvalue weighted by Gasteiger charge is -2.00. The summed E-state index contributed by atoms with van der Waals surface area (Å²) >= 11 is 8.89. The number of ether oxygens (including phenoxy) is 1. The zero-order chi connectivity index (χ0) is 17.1. The van der Waals surface area contributed by atoms with Gasteiger partial charge in [-0.3, -0.25) is 14.9 Å². The standard InChI is InChI=1S/C16H13ClN2O3S2.ClH/c1-2-22-12(20)7-9-8-23-16(18-9)19-15(21)14-13(17)10-5-3-4-6-11(10)24-14;/h3-6,8H,2,7H2,1H3,(H,18,19,21);1H. The number of hydrogen-bond acceptors (Lipinski definition) is 6. The van der Waals surface area contributed by atoms with Crippen molar-refractivity contribution in [2.24, 2.45) is 0 Å². The van der Waals surface area contributed by atoms with Crippen LogP contribution in [0.25, 0.3) is 10.1 Å². The Morgan fingerprint density at radius 1 is 1.32 bits per heavy atom. The third-order valence-corrected chi connectivity index (χ3v) is 5.62. The van der Waals surface area contributed by atoms with E-state index >= 15 is 0 Å². The first-order valence-electron chi connectivity index (χ1n) is 7.17. The molecule has 0 saturated carbocycles. The van der Waals surface area contributed by atoms with Crippen LogP contribution < -0.4 is 5.32 Å². The molecule has 3 rings (SSSR count). The molecule has 0 bridgehead atoms. The highest BCUT2D eigenvalue weighted by molar-refractivity contribution is 7.21. The van der Waals surface area contributed by atoms with Crippen molar-refractivity contribution in [1.82, 2.24) is 4.98 Å². The van der Waals surface area contributed by atoms with Crippen LogP contribution in [0.5, 0.6) is 0 Å². The number of hydrogen-bond donors (Lipinski definition) is 1. The van der Waals surface area contributed by atoms with Gasteiger partial charge >= 0.3 is 5.97 Å². The molecule has 5 nitrogen and oxygen atoms in total. The lowest BCUT2D eigenvalue weighted by atomic mass is 10.2. The first-order valence-corrected chi connectivity index (χ1v) is 9.24. The number of nitrogens with one attached hydrogen (secondary N) is 1. The number of fused-ring (bicyclic) bond motifs is 1. The minimum Gasteiger partial charge on any atom is -0.466 e. The second-order valence-corrected chi connectivity index (χ2v) is 7.11. The Hall–Kier alpha value is -1.67. The van der Waals surface area contributed by atoms with E-state index in [1.807, 2.05) is 24.3 Å². The highest BCUT2D eigenvalue weighted by atomic mass is 35.5. The fourth-order valence-electron chi connectivity index (χ4n) is 2.12. The summed E-state index contributed by atoms with van der Waals surface area (Å²) in [7, 11) is 0. The summed E-state index contributed by atoms with van der Waals surface area (Å²) in [6, 6.07) is 7.58. The molecule has 0 saturated heterocycles. The van der Waals surface area contributed by atoms with Gasteiger partial charge < -0.3 is 4.74 Å². The first kappa shape index (κ1) is 19.7. The van der Waals surface area contributed by atoms with Crippen LogP contribution >= 0.6 is 46.7 Å². The molecule has 1 amide bonds. The van der Waals surface area contributed by atoms with E-state index in [4.69, 9.17) is 16.3 Å². The third kappa shape index (κ3) is 4.49. The number of benzene rings is 1. The summed E-state index contributed by atoms with van der Waals surface area (Å²) in [5.41, 5.74) is 0.566. The number of nitrogens with zero attached hydrogens (tertiary/aromatic N) is 1. The van der Waals surface area contributed by atoms with Gasteiger partial charge in [-0.05, 0) is 13.0 Å². The number of halogens is 2. The highest BCUT2D eigenvalue weighted by Gasteiger charge is 2.18. The molecule has 0 spiro atoms. The maximum atomic E-state index is 12.4. The second-order valence-electron chi connectivity index (χ2n) is 4.82. The van der Waals surface area contributed by atoms with E-state index in [0.29, 0.717) is 27.3 Å². The maximum Gasteiger partial charge on any atom is 0.311 e. The quantitative estimate of drug-likeness (QED) is 0.606. The third-order valence-electron chi connectivity index (χ3n) is 3.14. The molecule has 0 atom stereocenters. The number of anilines is 1. The average molecular weight is 417 g/mol. The van der Waals surface area contributed by atoms with Crippen LogP contribution in [-0.2, 0) is 16.0 Å². The topological polar surface area (TPSA) is 68.3 Å². The highest BCUT2D eigenvalue weighted by Crippen LogP contribution is 2.35. The van der Waals surface area contributed by atoms with E-state index in [1.54, 1.807) is 12.3 Å². The molecule has 9 heteroatoms. The summed E-state index contributed by atoms with van der Waals surface area (Å²) < 4.78 is 5.83. The number of amides is 1. The van der Waals surface area contributed by atoms with Crippen LogP contribution in [0.3, 0.4) is 0 Å². The van der Waals surface area contributed by atoms with Gasteiger partial charge in [0.2, 0.25) is 0 Å². The number of thiophene rings is 1. The van der Waals surface area contributed by atoms with Crippen LogP contribution in [0.4, 0.5) is 5.13 Å². The average Bonchev–Trinajstić information content (AvgIpc) is 3.12. The fraction of sp³-hybridized carbons (Fsp3) is 0.188. The van der Waals surface area contributed by atoms with Gasteiger partial charge in [-0.2, -0.15) is 0 Å². The predicted octanol–water partition coefficient (Wildman–Crippen LogP) is 4.79. The van der Waals surface area contributed by atoms with Gasteiger partial charge in [0.25, 0.3) is 5.91 Å². The van der Waals surface area contributed by atoms with E-state index < -0.39 is 0 Å². The van der Waals surface area contributed by atoms with Crippen molar-refractivity contribution in [3.63, 3.8) is 0 Å². The van der Waals surface area contributed by atoms with E-state index in [9.17, 15) is 9.59 Å². The second kappa shape index (κ2) is 8.62. The van der Waals surface area contributed by atoms with Crippen molar-refractivity contribution in [2.45, 2.75) is 13.3 Å². The molecule has 1 N–H and O–H groups in total. The number of aromatic nitrogens is 1. The van der Waals surface area contributed by atoms with Crippen molar-refractivity contribution in [1.29, 1.82) is 0 Å². The van der Waals surface area contributed by atoms with Gasteiger partial charge in [0.15, 0.2) is 5.13 Å². The number of carbonyl (C=O) groups excluding carboxylic acids is 2. The summed E-state index contributed by atoms with van der Waals surface area (Å²) in [6.45, 7) is 2.08. The zero-order valence-corrected chi connectivity index (χ0v) is 16.3. The molecule has 0 aliphatic rings. The molecule has 1 aromatic carbocycles. The summed E-state index contributed by atoms with van der Waals surface area (Å²) in [4.78, 5) is 28.6. The van der Waals surface area contributed by atoms with Gasteiger partial charge in [0.05, 0.1) is 23.7 Å². The molecule has 0 unspecified atom stereocenters. The monoisotopic (exact) mass is 416 g/mol. The van der Waals surface area contributed by atoms with E-state index in [-0.39, 0.29) is 30.7 Å². The van der Waals surface area contributed by atoms with Crippen LogP contribution in [0.1, 0.15) is 22.3 Å². The SMILES string of the molecule is CCOC(=O)Cc1csc(NC(=O)c2sc3ccccc3c2Cl)n1.Cl. The fourth-order valence-corrected chi connectivity index (χ4v) is 4.24. The molecule has 2 aromatic heterocycles. The Labute approximate surface area is 163 Å². The van der Waals surface area contributed by atoms with Crippen molar-refractivity contribution in [3.8, 4) is 0 Å². The Bertz CT molecular complexity index is 908. The minimum atomic E-state index is -0.340. The van der Waals surface area contributed by atoms with Crippen molar-refractivity contribution in [3.05, 3.63) is 45.2 Å². The minimum absolute atomic E-state index is 0. The predicted molar refractivity (Wildman–Crippen MR) is 104 cm³/mol. The molecular weight excluding hydrogens is 403 g/mol. The Balaban J connectivity index is 0.00000225. The zero-order valence-electron chi connectivity index (χ0n) is 13.1. The molecule has 0 aliphatic carbocycles.